The smallest absolute Gasteiger partial charge is 0.340 e. The van der Waals surface area contributed by atoms with Gasteiger partial charge in [0, 0.05) is 10.5 Å². The van der Waals surface area contributed by atoms with Gasteiger partial charge in [-0.05, 0) is 34.1 Å². The largest absolute Gasteiger partial charge is 0.493 e. The fourth-order valence-electron chi connectivity index (χ4n) is 1.70. The van der Waals surface area contributed by atoms with Crippen molar-refractivity contribution in [3.63, 3.8) is 0 Å². The summed E-state index contributed by atoms with van der Waals surface area (Å²) in [6, 6.07) is 7.89. The van der Waals surface area contributed by atoms with Gasteiger partial charge >= 0.3 is 10.1 Å². The highest BCUT2D eigenvalue weighted by molar-refractivity contribution is 9.10. The zero-order chi connectivity index (χ0) is 16.3. The molecule has 8 heteroatoms. The fourth-order valence-corrected chi connectivity index (χ4v) is 3.63. The van der Waals surface area contributed by atoms with Crippen molar-refractivity contribution >= 4 is 26.0 Å². The van der Waals surface area contributed by atoms with E-state index in [4.69, 9.17) is 13.7 Å². The number of ether oxygens (including phenoxy) is 2. The number of rotatable bonds is 5. The summed E-state index contributed by atoms with van der Waals surface area (Å²) in [7, 11) is -1.45. The highest BCUT2D eigenvalue weighted by Gasteiger charge is 2.24. The monoisotopic (exact) mass is 390 g/mol. The molecule has 0 aliphatic carbocycles. The Labute approximate surface area is 135 Å². The number of benzene rings is 2. The maximum atomic E-state index is 13.6. The van der Waals surface area contributed by atoms with Crippen molar-refractivity contribution in [3.8, 4) is 17.2 Å². The Kier molecular flexibility index (Phi) is 4.92. The standard InChI is InChI=1S/C14H12BrFO5S/c1-19-12-7-9(15)14(8-13(12)20-2)22(17,18)21-11-6-4-3-5-10(11)16/h3-8H,1-2H3. The van der Waals surface area contributed by atoms with E-state index < -0.39 is 15.9 Å². The van der Waals surface area contributed by atoms with Gasteiger partial charge in [-0.25, -0.2) is 4.39 Å². The summed E-state index contributed by atoms with van der Waals surface area (Å²) in [4.78, 5) is -0.201. The Hall–Kier alpha value is -1.80. The lowest BCUT2D eigenvalue weighted by molar-refractivity contribution is 0.353. The quantitative estimate of drug-likeness (QED) is 0.732. The van der Waals surface area contributed by atoms with Crippen molar-refractivity contribution in [3.05, 3.63) is 46.7 Å². The SMILES string of the molecule is COc1cc(Br)c(S(=O)(=O)Oc2ccccc2F)cc1OC. The zero-order valence-corrected chi connectivity index (χ0v) is 14.1. The van der Waals surface area contributed by atoms with Crippen molar-refractivity contribution in [2.24, 2.45) is 0 Å². The van der Waals surface area contributed by atoms with Crippen molar-refractivity contribution in [1.29, 1.82) is 0 Å². The Morgan fingerprint density at radius 3 is 2.18 bits per heavy atom. The third-order valence-corrected chi connectivity index (χ3v) is 4.94. The van der Waals surface area contributed by atoms with Crippen LogP contribution in [0.3, 0.4) is 0 Å². The van der Waals surface area contributed by atoms with E-state index in [1.54, 1.807) is 0 Å². The van der Waals surface area contributed by atoms with E-state index in [0.717, 1.165) is 6.07 Å². The molecule has 0 N–H and O–H groups in total. The van der Waals surface area contributed by atoms with Crippen LogP contribution in [-0.2, 0) is 10.1 Å². The average molecular weight is 391 g/mol. The van der Waals surface area contributed by atoms with Crippen LogP contribution in [0.4, 0.5) is 4.39 Å². The molecule has 0 atom stereocenters. The maximum absolute atomic E-state index is 13.6. The number of halogens is 2. The van der Waals surface area contributed by atoms with Crippen molar-refractivity contribution in [2.75, 3.05) is 14.2 Å². The summed E-state index contributed by atoms with van der Waals surface area (Å²) in [6.45, 7) is 0. The lowest BCUT2D eigenvalue weighted by atomic mass is 10.3. The molecule has 0 amide bonds. The van der Waals surface area contributed by atoms with E-state index in [-0.39, 0.29) is 20.9 Å². The Balaban J connectivity index is 2.48. The van der Waals surface area contributed by atoms with E-state index >= 15 is 0 Å². The van der Waals surface area contributed by atoms with Crippen LogP contribution in [0, 0.1) is 5.82 Å². The van der Waals surface area contributed by atoms with Crippen molar-refractivity contribution in [2.45, 2.75) is 4.90 Å². The number of methoxy groups -OCH3 is 2. The number of hydrogen-bond donors (Lipinski definition) is 0. The maximum Gasteiger partial charge on any atom is 0.340 e. The summed E-state index contributed by atoms with van der Waals surface area (Å²) in [5, 5.41) is 0. The molecule has 0 heterocycles. The van der Waals surface area contributed by atoms with Gasteiger partial charge in [0.05, 0.1) is 14.2 Å². The lowest BCUT2D eigenvalue weighted by Gasteiger charge is -2.13. The third kappa shape index (κ3) is 3.33. The molecule has 0 fully saturated rings. The molecule has 0 unspecified atom stereocenters. The van der Waals surface area contributed by atoms with Gasteiger partial charge < -0.3 is 13.7 Å². The van der Waals surface area contributed by atoms with Crippen LogP contribution in [0.25, 0.3) is 0 Å². The second-order valence-corrected chi connectivity index (χ2v) is 6.47. The van der Waals surface area contributed by atoms with Gasteiger partial charge in [-0.3, -0.25) is 0 Å². The molecule has 0 aliphatic heterocycles. The molecule has 0 radical (unpaired) electrons. The molecule has 0 bridgehead atoms. The minimum absolute atomic E-state index is 0.201. The number of hydrogen-bond acceptors (Lipinski definition) is 5. The first-order chi connectivity index (χ1) is 10.4. The molecule has 0 saturated carbocycles. The third-order valence-electron chi connectivity index (χ3n) is 2.74. The summed E-state index contributed by atoms with van der Waals surface area (Å²) >= 11 is 3.13. The molecule has 5 nitrogen and oxygen atoms in total. The van der Waals surface area contributed by atoms with E-state index in [1.807, 2.05) is 0 Å². The molecule has 0 spiro atoms. The highest BCUT2D eigenvalue weighted by Crippen LogP contribution is 2.36. The molecule has 2 aromatic rings. The van der Waals surface area contributed by atoms with Gasteiger partial charge in [-0.2, -0.15) is 8.42 Å². The van der Waals surface area contributed by atoms with Crippen LogP contribution < -0.4 is 13.7 Å². The molecule has 22 heavy (non-hydrogen) atoms. The second-order valence-electron chi connectivity index (χ2n) is 4.11. The molecule has 118 valence electrons. The first kappa shape index (κ1) is 16.6. The van der Waals surface area contributed by atoms with Crippen LogP contribution in [0.5, 0.6) is 17.2 Å². The van der Waals surface area contributed by atoms with Crippen LogP contribution in [0.2, 0.25) is 0 Å². The molecular weight excluding hydrogens is 379 g/mol. The van der Waals surface area contributed by atoms with Gasteiger partial charge in [-0.15, -0.1) is 0 Å². The molecule has 2 rings (SSSR count). The molecular formula is C14H12BrFO5S. The molecule has 2 aromatic carbocycles. The van der Waals surface area contributed by atoms with Gasteiger partial charge in [-0.1, -0.05) is 12.1 Å². The topological polar surface area (TPSA) is 61.8 Å². The Morgan fingerprint density at radius 2 is 1.59 bits per heavy atom. The number of para-hydroxylation sites is 1. The van der Waals surface area contributed by atoms with Gasteiger partial charge in [0.1, 0.15) is 4.90 Å². The van der Waals surface area contributed by atoms with Gasteiger partial charge in [0.25, 0.3) is 0 Å². The summed E-state index contributed by atoms with van der Waals surface area (Å²) < 4.78 is 53.4. The van der Waals surface area contributed by atoms with Crippen LogP contribution in [-0.4, -0.2) is 22.6 Å². The minimum atomic E-state index is -4.25. The van der Waals surface area contributed by atoms with Crippen LogP contribution in [0.15, 0.2) is 45.8 Å². The molecule has 0 aromatic heterocycles. The summed E-state index contributed by atoms with van der Waals surface area (Å²) in [5.41, 5.74) is 0. The van der Waals surface area contributed by atoms with Crippen molar-refractivity contribution in [1.82, 2.24) is 0 Å². The fraction of sp³-hybridized carbons (Fsp3) is 0.143. The van der Waals surface area contributed by atoms with E-state index in [1.165, 1.54) is 44.6 Å². The lowest BCUT2D eigenvalue weighted by Crippen LogP contribution is -2.12. The second kappa shape index (κ2) is 6.53. The Bertz CT molecular complexity index is 792. The molecule has 0 aliphatic rings. The average Bonchev–Trinajstić information content (AvgIpc) is 2.48. The van der Waals surface area contributed by atoms with E-state index in [0.29, 0.717) is 5.75 Å². The predicted molar refractivity (Wildman–Crippen MR) is 81.5 cm³/mol. The first-order valence-corrected chi connectivity index (χ1v) is 8.19. The summed E-state index contributed by atoms with van der Waals surface area (Å²) in [6.07, 6.45) is 0. The van der Waals surface area contributed by atoms with Gasteiger partial charge in [0.15, 0.2) is 23.1 Å². The van der Waals surface area contributed by atoms with Gasteiger partial charge in [0.2, 0.25) is 0 Å². The Morgan fingerprint density at radius 1 is 1.00 bits per heavy atom. The van der Waals surface area contributed by atoms with Crippen molar-refractivity contribution < 1.29 is 26.5 Å². The first-order valence-electron chi connectivity index (χ1n) is 5.99. The van der Waals surface area contributed by atoms with E-state index in [2.05, 4.69) is 15.9 Å². The van der Waals surface area contributed by atoms with Crippen LogP contribution in [0.1, 0.15) is 0 Å². The normalized spacial score (nSPS) is 11.1. The minimum Gasteiger partial charge on any atom is -0.493 e. The highest BCUT2D eigenvalue weighted by atomic mass is 79.9. The predicted octanol–water partition coefficient (Wildman–Crippen LogP) is 3.37. The van der Waals surface area contributed by atoms with Crippen LogP contribution >= 0.6 is 15.9 Å². The summed E-state index contributed by atoms with van der Waals surface area (Å²) in [5.74, 6) is -0.604. The van der Waals surface area contributed by atoms with E-state index in [9.17, 15) is 12.8 Å². The molecule has 0 saturated heterocycles. The zero-order valence-electron chi connectivity index (χ0n) is 11.7.